The van der Waals surface area contributed by atoms with Gasteiger partial charge in [-0.15, -0.1) is 0 Å². The van der Waals surface area contributed by atoms with E-state index in [-0.39, 0.29) is 54.3 Å². The van der Waals surface area contributed by atoms with E-state index in [1.54, 1.807) is 31.2 Å². The number of anilines is 1. The van der Waals surface area contributed by atoms with Crippen molar-refractivity contribution in [2.75, 3.05) is 31.6 Å². The summed E-state index contributed by atoms with van der Waals surface area (Å²) in [7, 11) is -4.18. The molecular formula is C35H41N3O9S. The molecule has 0 bridgehead atoms. The highest BCUT2D eigenvalue weighted by Gasteiger charge is 2.44. The molecule has 12 nitrogen and oxygen atoms in total. The zero-order chi connectivity index (χ0) is 34.0. The number of hydrogen-bond donors (Lipinski definition) is 3. The van der Waals surface area contributed by atoms with Gasteiger partial charge >= 0.3 is 6.09 Å². The molecule has 2 amide bonds. The number of sulfonamides is 1. The Balaban J connectivity index is 1.24. The summed E-state index contributed by atoms with van der Waals surface area (Å²) in [5.41, 5.74) is 2.03. The molecule has 2 saturated heterocycles. The highest BCUT2D eigenvalue weighted by Crippen LogP contribution is 2.36. The Morgan fingerprint density at radius 2 is 1.92 bits per heavy atom. The minimum atomic E-state index is -4.18. The molecule has 3 aliphatic heterocycles. The fourth-order valence-corrected chi connectivity index (χ4v) is 7.98. The van der Waals surface area contributed by atoms with Crippen molar-refractivity contribution in [3.8, 4) is 0 Å². The van der Waals surface area contributed by atoms with Gasteiger partial charge in [0.05, 0.1) is 41.7 Å². The van der Waals surface area contributed by atoms with Crippen molar-refractivity contribution in [2.45, 2.75) is 63.0 Å². The summed E-state index contributed by atoms with van der Waals surface area (Å²) >= 11 is 0. The summed E-state index contributed by atoms with van der Waals surface area (Å²) in [5, 5.41) is 17.2. The third-order valence-corrected chi connectivity index (χ3v) is 10.6. The molecule has 13 heteroatoms. The first kappa shape index (κ1) is 33.9. The lowest BCUT2D eigenvalue weighted by atomic mass is 10.0. The van der Waals surface area contributed by atoms with Crippen LogP contribution in [0.4, 0.5) is 10.5 Å². The normalized spacial score (nSPS) is 22.5. The second-order valence-electron chi connectivity index (χ2n) is 12.9. The summed E-state index contributed by atoms with van der Waals surface area (Å²) < 4.78 is 52.1. The van der Waals surface area contributed by atoms with Gasteiger partial charge in [0.15, 0.2) is 6.29 Å². The molecule has 3 N–H and O–H groups in total. The first-order chi connectivity index (χ1) is 23.0. The Bertz CT molecular complexity index is 1770. The standard InChI is InChI=1S/C35H41N3O9S/c1-21(2)18-38(48(42,43)25-11-12-29-27(17-25)28(33(40)36-29)16-24-10-9-22(3)46-24)19-31(39)30(15-23-7-5-4-6-8-23)37-35(41)47-32-20-45-34-26(32)13-14-44-34/h4-12,16-17,21,26,30-32,34,39H,13-15,18-20H2,1-3H3,(H,36,40)(H,37,41)/b28-16-/t26-,30-,31+,32-,34+/m0/s1. The van der Waals surface area contributed by atoms with Crippen molar-refractivity contribution in [1.29, 1.82) is 0 Å². The minimum absolute atomic E-state index is 0.0336. The number of aryl methyl sites for hydroxylation is 1. The summed E-state index contributed by atoms with van der Waals surface area (Å²) in [4.78, 5) is 26.0. The number of carbonyl (C=O) groups excluding carboxylic acids is 2. The smallest absolute Gasteiger partial charge is 0.407 e. The monoisotopic (exact) mass is 679 g/mol. The largest absolute Gasteiger partial charge is 0.462 e. The molecule has 4 heterocycles. The number of rotatable bonds is 12. The molecule has 0 saturated carbocycles. The number of furan rings is 1. The topological polar surface area (TPSA) is 157 Å². The van der Waals surface area contributed by atoms with E-state index in [0.717, 1.165) is 5.56 Å². The number of aliphatic hydroxyl groups is 1. The van der Waals surface area contributed by atoms with E-state index in [1.807, 2.05) is 44.2 Å². The lowest BCUT2D eigenvalue weighted by Crippen LogP contribution is -2.51. The average Bonchev–Trinajstić information content (AvgIpc) is 3.83. The van der Waals surface area contributed by atoms with Gasteiger partial charge in [-0.05, 0) is 67.7 Å². The number of nitrogens with zero attached hydrogens (tertiary/aromatic N) is 1. The Morgan fingerprint density at radius 3 is 2.65 bits per heavy atom. The third kappa shape index (κ3) is 7.50. The molecule has 0 spiro atoms. The number of nitrogens with one attached hydrogen (secondary N) is 2. The number of amides is 2. The van der Waals surface area contributed by atoms with Crippen molar-refractivity contribution >= 4 is 39.4 Å². The highest BCUT2D eigenvalue weighted by molar-refractivity contribution is 7.89. The van der Waals surface area contributed by atoms with Gasteiger partial charge in [-0.25, -0.2) is 13.2 Å². The first-order valence-electron chi connectivity index (χ1n) is 16.1. The lowest BCUT2D eigenvalue weighted by molar-refractivity contribution is -0.110. The first-order valence-corrected chi connectivity index (χ1v) is 17.6. The Labute approximate surface area is 280 Å². The Hall–Kier alpha value is -4.01. The number of benzene rings is 2. The second-order valence-corrected chi connectivity index (χ2v) is 14.8. The maximum atomic E-state index is 14.2. The molecule has 48 heavy (non-hydrogen) atoms. The molecule has 0 aliphatic carbocycles. The SMILES string of the molecule is Cc1ccc(/C=C2\C(=O)Nc3ccc(S(=O)(=O)N(CC(C)C)C[C@@H](O)[C@H](Cc4ccccc4)NC(=O)O[C@H]4CO[C@H]5OCC[C@H]54)cc32)o1. The number of carbonyl (C=O) groups is 2. The van der Waals surface area contributed by atoms with Crippen LogP contribution in [0.25, 0.3) is 11.6 Å². The van der Waals surface area contributed by atoms with E-state index in [4.69, 9.17) is 18.6 Å². The molecule has 6 rings (SSSR count). The van der Waals surface area contributed by atoms with Crippen LogP contribution in [-0.4, -0.2) is 80.7 Å². The van der Waals surface area contributed by atoms with Crippen LogP contribution in [0.2, 0.25) is 0 Å². The second kappa shape index (κ2) is 14.2. The quantitative estimate of drug-likeness (QED) is 0.239. The highest BCUT2D eigenvalue weighted by atomic mass is 32.2. The van der Waals surface area contributed by atoms with Crippen LogP contribution >= 0.6 is 0 Å². The van der Waals surface area contributed by atoms with E-state index in [0.29, 0.717) is 35.8 Å². The number of hydrogen-bond acceptors (Lipinski definition) is 9. The van der Waals surface area contributed by atoms with Gasteiger partial charge in [0.25, 0.3) is 5.91 Å². The molecule has 3 aromatic rings. The lowest BCUT2D eigenvalue weighted by Gasteiger charge is -2.31. The van der Waals surface area contributed by atoms with Crippen LogP contribution in [-0.2, 0) is 35.4 Å². The van der Waals surface area contributed by atoms with Gasteiger partial charge in [0.2, 0.25) is 10.0 Å². The van der Waals surface area contributed by atoms with E-state index in [2.05, 4.69) is 10.6 Å². The van der Waals surface area contributed by atoms with E-state index in [1.165, 1.54) is 16.4 Å². The van der Waals surface area contributed by atoms with E-state index < -0.39 is 40.7 Å². The van der Waals surface area contributed by atoms with Gasteiger partial charge in [-0.3, -0.25) is 4.79 Å². The Morgan fingerprint density at radius 1 is 1.12 bits per heavy atom. The van der Waals surface area contributed by atoms with Gasteiger partial charge in [0.1, 0.15) is 17.6 Å². The number of fused-ring (bicyclic) bond motifs is 2. The van der Waals surface area contributed by atoms with Crippen molar-refractivity contribution in [2.24, 2.45) is 11.8 Å². The summed E-state index contributed by atoms with van der Waals surface area (Å²) in [5.74, 6) is 0.631. The van der Waals surface area contributed by atoms with Crippen molar-refractivity contribution < 1.29 is 41.7 Å². The number of alkyl carbamates (subject to hydrolysis) is 1. The van der Waals surface area contributed by atoms with Crippen LogP contribution in [0.15, 0.2) is 70.0 Å². The minimum Gasteiger partial charge on any atom is -0.462 e. The Kier molecular flexibility index (Phi) is 10.0. The van der Waals surface area contributed by atoms with Crippen molar-refractivity contribution in [3.63, 3.8) is 0 Å². The van der Waals surface area contributed by atoms with Crippen LogP contribution in [0.5, 0.6) is 0 Å². The van der Waals surface area contributed by atoms with Crippen molar-refractivity contribution in [3.05, 3.63) is 83.3 Å². The van der Waals surface area contributed by atoms with Crippen LogP contribution in [0.1, 0.15) is 42.9 Å². The van der Waals surface area contributed by atoms with Gasteiger partial charge < -0.3 is 34.4 Å². The maximum absolute atomic E-state index is 14.2. The molecule has 1 aromatic heterocycles. The summed E-state index contributed by atoms with van der Waals surface area (Å²) in [6.07, 6.45) is -0.375. The molecule has 2 aromatic carbocycles. The predicted octanol–water partition coefficient (Wildman–Crippen LogP) is 4.19. The fourth-order valence-electron chi connectivity index (χ4n) is 6.33. The molecule has 0 unspecified atom stereocenters. The van der Waals surface area contributed by atoms with E-state index >= 15 is 0 Å². The van der Waals surface area contributed by atoms with Gasteiger partial charge in [-0.2, -0.15) is 4.31 Å². The van der Waals surface area contributed by atoms with Crippen LogP contribution < -0.4 is 10.6 Å². The zero-order valence-corrected chi connectivity index (χ0v) is 27.9. The number of ether oxygens (including phenoxy) is 3. The number of aliphatic hydroxyl groups excluding tert-OH is 1. The van der Waals surface area contributed by atoms with Crippen molar-refractivity contribution in [1.82, 2.24) is 9.62 Å². The fraction of sp³-hybridized carbons (Fsp3) is 0.429. The average molecular weight is 680 g/mol. The molecule has 3 aliphatic rings. The predicted molar refractivity (Wildman–Crippen MR) is 177 cm³/mol. The molecule has 0 radical (unpaired) electrons. The molecular weight excluding hydrogens is 638 g/mol. The zero-order valence-electron chi connectivity index (χ0n) is 27.1. The van der Waals surface area contributed by atoms with Crippen LogP contribution in [0.3, 0.4) is 0 Å². The summed E-state index contributed by atoms with van der Waals surface area (Å²) in [6, 6.07) is 16.4. The van der Waals surface area contributed by atoms with Gasteiger partial charge in [0, 0.05) is 24.3 Å². The van der Waals surface area contributed by atoms with Crippen LogP contribution in [0, 0.1) is 18.8 Å². The molecule has 2 fully saturated rings. The maximum Gasteiger partial charge on any atom is 0.407 e. The third-order valence-electron chi connectivity index (χ3n) is 8.73. The molecule has 5 atom stereocenters. The molecule has 256 valence electrons. The van der Waals surface area contributed by atoms with Gasteiger partial charge in [-0.1, -0.05) is 44.2 Å². The summed E-state index contributed by atoms with van der Waals surface area (Å²) in [6.45, 7) is 6.11. The van der Waals surface area contributed by atoms with E-state index in [9.17, 15) is 23.1 Å².